The Hall–Kier alpha value is -4.18. The van der Waals surface area contributed by atoms with Gasteiger partial charge in [-0.15, -0.1) is 0 Å². The van der Waals surface area contributed by atoms with Crippen molar-refractivity contribution in [2.24, 2.45) is 0 Å². The molecule has 10 heteroatoms. The maximum Gasteiger partial charge on any atom is 0.407 e. The van der Waals surface area contributed by atoms with Crippen LogP contribution in [0, 0.1) is 0 Å². The van der Waals surface area contributed by atoms with Crippen LogP contribution in [0.2, 0.25) is 0 Å². The SMILES string of the molecule is CCOC(=O)CC1(O)CCCC[C@@H]1n1cnc(C(=O)N2CCN(C(=O)O)C[C@H]2Cc2ccccc2)c1-c1ccccc1. The first-order valence-corrected chi connectivity index (χ1v) is 14.6. The number of rotatable bonds is 8. The fourth-order valence-corrected chi connectivity index (χ4v) is 6.40. The average Bonchev–Trinajstić information content (AvgIpc) is 3.42. The lowest BCUT2D eigenvalue weighted by atomic mass is 9.77. The Balaban J connectivity index is 1.53. The van der Waals surface area contributed by atoms with Gasteiger partial charge in [0.15, 0.2) is 5.69 Å². The molecule has 0 radical (unpaired) electrons. The lowest BCUT2D eigenvalue weighted by molar-refractivity contribution is -0.152. The van der Waals surface area contributed by atoms with E-state index in [2.05, 4.69) is 4.98 Å². The number of hydrogen-bond donors (Lipinski definition) is 2. The van der Waals surface area contributed by atoms with Crippen molar-refractivity contribution in [3.63, 3.8) is 0 Å². The summed E-state index contributed by atoms with van der Waals surface area (Å²) >= 11 is 0. The number of piperazine rings is 1. The predicted molar refractivity (Wildman–Crippen MR) is 156 cm³/mol. The first kappa shape index (κ1) is 29.3. The summed E-state index contributed by atoms with van der Waals surface area (Å²) in [6.45, 7) is 2.61. The number of aromatic nitrogens is 2. The lowest BCUT2D eigenvalue weighted by Gasteiger charge is -2.41. The third-order valence-electron chi connectivity index (χ3n) is 8.42. The summed E-state index contributed by atoms with van der Waals surface area (Å²) in [5.74, 6) is -0.743. The number of nitrogens with zero attached hydrogens (tertiary/aromatic N) is 4. The topological polar surface area (TPSA) is 125 Å². The van der Waals surface area contributed by atoms with Crippen LogP contribution in [-0.2, 0) is 16.0 Å². The molecule has 3 atom stereocenters. The highest BCUT2D eigenvalue weighted by atomic mass is 16.5. The molecule has 2 aliphatic rings. The highest BCUT2D eigenvalue weighted by Gasteiger charge is 2.44. The van der Waals surface area contributed by atoms with Crippen LogP contribution in [0.1, 0.15) is 61.1 Å². The number of imidazole rings is 1. The standard InChI is InChI=1S/C32H38N4O6/c1-2-42-27(37)20-32(41)16-10-9-15-26(32)36-22-33-28(29(36)24-13-7-4-8-14-24)30(38)35-18-17-34(31(39)40)21-25(35)19-23-11-5-3-6-12-23/h3-8,11-14,22,25-26,41H,2,9-10,15-21H2,1H3,(H,39,40)/t25-,26+,32?/m1/s1. The molecule has 1 saturated carbocycles. The van der Waals surface area contributed by atoms with E-state index in [-0.39, 0.29) is 50.3 Å². The molecule has 1 aliphatic carbocycles. The molecule has 0 spiro atoms. The number of carbonyl (C=O) groups is 3. The molecule has 2 N–H and O–H groups in total. The zero-order chi connectivity index (χ0) is 29.7. The van der Waals surface area contributed by atoms with Crippen molar-refractivity contribution < 1.29 is 29.3 Å². The van der Waals surface area contributed by atoms with E-state index < -0.39 is 23.7 Å². The highest BCUT2D eigenvalue weighted by Crippen LogP contribution is 2.43. The zero-order valence-electron chi connectivity index (χ0n) is 23.9. The second-order valence-electron chi connectivity index (χ2n) is 11.1. The number of carboxylic acid groups (broad SMARTS) is 1. The fraction of sp³-hybridized carbons (Fsp3) is 0.438. The van der Waals surface area contributed by atoms with Crippen LogP contribution in [0.3, 0.4) is 0 Å². The Bertz CT molecular complexity index is 1390. The van der Waals surface area contributed by atoms with E-state index in [1.165, 1.54) is 4.90 Å². The third kappa shape index (κ3) is 6.18. The molecule has 2 fully saturated rings. The van der Waals surface area contributed by atoms with Gasteiger partial charge in [0.2, 0.25) is 0 Å². The van der Waals surface area contributed by atoms with Crippen molar-refractivity contribution in [2.45, 2.75) is 63.1 Å². The summed E-state index contributed by atoms with van der Waals surface area (Å²) in [4.78, 5) is 46.4. The third-order valence-corrected chi connectivity index (χ3v) is 8.42. The monoisotopic (exact) mass is 574 g/mol. The van der Waals surface area contributed by atoms with E-state index in [4.69, 9.17) is 4.74 Å². The number of benzene rings is 2. The molecule has 10 nitrogen and oxygen atoms in total. The smallest absolute Gasteiger partial charge is 0.407 e. The minimum Gasteiger partial charge on any atom is -0.466 e. The predicted octanol–water partition coefficient (Wildman–Crippen LogP) is 4.40. The van der Waals surface area contributed by atoms with Gasteiger partial charge in [-0.3, -0.25) is 9.59 Å². The van der Waals surface area contributed by atoms with Gasteiger partial charge in [0, 0.05) is 25.2 Å². The number of amides is 2. The second-order valence-corrected chi connectivity index (χ2v) is 11.1. The van der Waals surface area contributed by atoms with Gasteiger partial charge in [0.1, 0.15) is 0 Å². The van der Waals surface area contributed by atoms with Gasteiger partial charge in [-0.1, -0.05) is 73.5 Å². The molecule has 1 aliphatic heterocycles. The molecule has 0 bridgehead atoms. The summed E-state index contributed by atoms with van der Waals surface area (Å²) in [6.07, 6.45) is 3.64. The van der Waals surface area contributed by atoms with Crippen molar-refractivity contribution in [3.05, 3.63) is 78.2 Å². The van der Waals surface area contributed by atoms with E-state index in [1.54, 1.807) is 18.2 Å². The second kappa shape index (κ2) is 12.8. The first-order chi connectivity index (χ1) is 20.3. The van der Waals surface area contributed by atoms with Crippen LogP contribution >= 0.6 is 0 Å². The molecule has 42 heavy (non-hydrogen) atoms. The molecular weight excluding hydrogens is 536 g/mol. The van der Waals surface area contributed by atoms with Gasteiger partial charge in [0.05, 0.1) is 42.7 Å². The molecule has 1 saturated heterocycles. The maximum atomic E-state index is 14.3. The number of carbonyl (C=O) groups excluding carboxylic acids is 2. The van der Waals surface area contributed by atoms with E-state index >= 15 is 0 Å². The van der Waals surface area contributed by atoms with Crippen LogP contribution < -0.4 is 0 Å². The molecule has 3 aromatic rings. The molecular formula is C32H38N4O6. The van der Waals surface area contributed by atoms with Gasteiger partial charge in [-0.2, -0.15) is 0 Å². The van der Waals surface area contributed by atoms with Crippen LogP contribution in [0.5, 0.6) is 0 Å². The number of ether oxygens (including phenoxy) is 1. The summed E-state index contributed by atoms with van der Waals surface area (Å²) in [5, 5.41) is 21.5. The Kier molecular flexibility index (Phi) is 8.91. The largest absolute Gasteiger partial charge is 0.466 e. The molecule has 2 heterocycles. The average molecular weight is 575 g/mol. The zero-order valence-corrected chi connectivity index (χ0v) is 23.9. The van der Waals surface area contributed by atoms with Gasteiger partial charge in [0.25, 0.3) is 5.91 Å². The van der Waals surface area contributed by atoms with Crippen LogP contribution in [0.4, 0.5) is 4.79 Å². The van der Waals surface area contributed by atoms with Crippen molar-refractivity contribution in [1.29, 1.82) is 0 Å². The van der Waals surface area contributed by atoms with Crippen molar-refractivity contribution >= 4 is 18.0 Å². The van der Waals surface area contributed by atoms with Crippen LogP contribution in [0.25, 0.3) is 11.3 Å². The summed E-state index contributed by atoms with van der Waals surface area (Å²) in [7, 11) is 0. The van der Waals surface area contributed by atoms with E-state index in [0.717, 1.165) is 24.0 Å². The molecule has 1 unspecified atom stereocenters. The van der Waals surface area contributed by atoms with Crippen molar-refractivity contribution in [2.75, 3.05) is 26.2 Å². The highest BCUT2D eigenvalue weighted by molar-refractivity contribution is 5.98. The normalized spacial score (nSPS) is 22.5. The quantitative estimate of drug-likeness (QED) is 0.382. The molecule has 1 aromatic heterocycles. The summed E-state index contributed by atoms with van der Waals surface area (Å²) in [6, 6.07) is 18.3. The number of hydrogen-bond acceptors (Lipinski definition) is 6. The molecule has 2 aromatic carbocycles. The van der Waals surface area contributed by atoms with E-state index in [1.807, 2.05) is 65.2 Å². The van der Waals surface area contributed by atoms with Crippen molar-refractivity contribution in [3.8, 4) is 11.3 Å². The Morgan fingerprint density at radius 3 is 2.43 bits per heavy atom. The van der Waals surface area contributed by atoms with Gasteiger partial charge >= 0.3 is 12.1 Å². The molecule has 5 rings (SSSR count). The summed E-state index contributed by atoms with van der Waals surface area (Å²) in [5.41, 5.74) is 1.25. The minimum absolute atomic E-state index is 0.141. The minimum atomic E-state index is -1.35. The maximum absolute atomic E-state index is 14.3. The van der Waals surface area contributed by atoms with E-state index in [0.29, 0.717) is 25.0 Å². The van der Waals surface area contributed by atoms with Crippen LogP contribution in [-0.4, -0.2) is 85.4 Å². The lowest BCUT2D eigenvalue weighted by Crippen LogP contribution is -2.57. The molecule has 2 amide bonds. The van der Waals surface area contributed by atoms with Gasteiger partial charge < -0.3 is 29.3 Å². The fourth-order valence-electron chi connectivity index (χ4n) is 6.40. The van der Waals surface area contributed by atoms with Gasteiger partial charge in [-0.05, 0) is 31.7 Å². The Labute approximate surface area is 245 Å². The van der Waals surface area contributed by atoms with Gasteiger partial charge in [-0.25, -0.2) is 9.78 Å². The Morgan fingerprint density at radius 2 is 1.74 bits per heavy atom. The van der Waals surface area contributed by atoms with Crippen LogP contribution in [0.15, 0.2) is 67.0 Å². The Morgan fingerprint density at radius 1 is 1.02 bits per heavy atom. The number of aliphatic hydroxyl groups is 1. The van der Waals surface area contributed by atoms with Crippen molar-refractivity contribution in [1.82, 2.24) is 19.4 Å². The first-order valence-electron chi connectivity index (χ1n) is 14.6. The van der Waals surface area contributed by atoms with E-state index in [9.17, 15) is 24.6 Å². The molecule has 222 valence electrons. The number of esters is 1. The summed E-state index contributed by atoms with van der Waals surface area (Å²) < 4.78 is 7.05.